The second kappa shape index (κ2) is 7.16. The smallest absolute Gasteiger partial charge is 0.251 e. The lowest BCUT2D eigenvalue weighted by molar-refractivity contribution is 0.0951. The van der Waals surface area contributed by atoms with E-state index in [1.165, 1.54) is 6.33 Å². The zero-order valence-electron chi connectivity index (χ0n) is 14.5. The van der Waals surface area contributed by atoms with Crippen molar-refractivity contribution in [2.45, 2.75) is 13.5 Å². The van der Waals surface area contributed by atoms with Gasteiger partial charge in [-0.3, -0.25) is 4.79 Å². The molecule has 0 spiro atoms. The molecule has 4 rings (SSSR count). The third kappa shape index (κ3) is 3.43. The fourth-order valence-corrected chi connectivity index (χ4v) is 2.77. The quantitative estimate of drug-likeness (QED) is 0.578. The largest absolute Gasteiger partial charge is 0.348 e. The van der Waals surface area contributed by atoms with Gasteiger partial charge in [0.25, 0.3) is 5.91 Å². The van der Waals surface area contributed by atoms with Crippen LogP contribution in [0.4, 0.5) is 0 Å². The number of carbonyl (C=O) groups is 1. The molecule has 0 aliphatic carbocycles. The molecule has 0 saturated heterocycles. The first-order valence-electron chi connectivity index (χ1n) is 8.28. The summed E-state index contributed by atoms with van der Waals surface area (Å²) < 4.78 is 3.23. The van der Waals surface area contributed by atoms with Gasteiger partial charge in [-0.25, -0.2) is 14.3 Å². The molecule has 4 aromatic rings. The van der Waals surface area contributed by atoms with Gasteiger partial charge in [0.1, 0.15) is 6.33 Å². The van der Waals surface area contributed by atoms with Crippen molar-refractivity contribution in [2.24, 2.45) is 0 Å². The third-order valence-electron chi connectivity index (χ3n) is 4.08. The van der Waals surface area contributed by atoms with Crippen molar-refractivity contribution < 1.29 is 4.79 Å². The summed E-state index contributed by atoms with van der Waals surface area (Å²) in [7, 11) is 0. The first-order chi connectivity index (χ1) is 13.2. The summed E-state index contributed by atoms with van der Waals surface area (Å²) in [5, 5.41) is 18.3. The van der Waals surface area contributed by atoms with Crippen LogP contribution in [0.2, 0.25) is 0 Å². The lowest BCUT2D eigenvalue weighted by Gasteiger charge is -2.11. The number of benzene rings is 1. The number of rotatable bonds is 5. The Kier molecular flexibility index (Phi) is 4.40. The molecule has 0 radical (unpaired) electrons. The molecule has 0 atom stereocenters. The van der Waals surface area contributed by atoms with Crippen molar-refractivity contribution in [3.63, 3.8) is 0 Å². The standard InChI is InChI=1S/C18H16N8O/c1-13-10-14(5-6-16(13)26-12-21-23-24-26)18(27)20-11-15-4-2-7-19-17(15)25-9-3-8-22-25/h2-10,12H,11H2,1H3,(H,20,27). The van der Waals surface area contributed by atoms with Crippen molar-refractivity contribution in [3.8, 4) is 11.5 Å². The summed E-state index contributed by atoms with van der Waals surface area (Å²) in [5.41, 5.74) is 3.16. The molecule has 3 heterocycles. The minimum absolute atomic E-state index is 0.170. The summed E-state index contributed by atoms with van der Waals surface area (Å²) in [5.74, 6) is 0.518. The van der Waals surface area contributed by atoms with E-state index in [9.17, 15) is 4.79 Å². The summed E-state index contributed by atoms with van der Waals surface area (Å²) in [4.78, 5) is 16.9. The molecular formula is C18H16N8O. The Balaban J connectivity index is 1.50. The van der Waals surface area contributed by atoms with Gasteiger partial charge in [-0.1, -0.05) is 6.07 Å². The number of nitrogens with one attached hydrogen (secondary N) is 1. The van der Waals surface area contributed by atoms with Gasteiger partial charge in [0.05, 0.1) is 5.69 Å². The minimum Gasteiger partial charge on any atom is -0.348 e. The number of aromatic nitrogens is 7. The van der Waals surface area contributed by atoms with Crippen LogP contribution >= 0.6 is 0 Å². The fourth-order valence-electron chi connectivity index (χ4n) is 2.77. The highest BCUT2D eigenvalue weighted by molar-refractivity contribution is 5.94. The average Bonchev–Trinajstić information content (AvgIpc) is 3.40. The first kappa shape index (κ1) is 16.6. The van der Waals surface area contributed by atoms with Gasteiger partial charge in [-0.05, 0) is 53.2 Å². The molecule has 27 heavy (non-hydrogen) atoms. The lowest BCUT2D eigenvalue weighted by atomic mass is 10.1. The summed E-state index contributed by atoms with van der Waals surface area (Å²) >= 11 is 0. The Morgan fingerprint density at radius 3 is 2.81 bits per heavy atom. The van der Waals surface area contributed by atoms with Crippen LogP contribution in [0, 0.1) is 6.92 Å². The van der Waals surface area contributed by atoms with E-state index in [-0.39, 0.29) is 5.91 Å². The number of aryl methyl sites for hydroxylation is 1. The van der Waals surface area contributed by atoms with Crippen molar-refractivity contribution >= 4 is 5.91 Å². The number of tetrazole rings is 1. The van der Waals surface area contributed by atoms with Crippen molar-refractivity contribution in [3.05, 3.63) is 78.0 Å². The minimum atomic E-state index is -0.170. The van der Waals surface area contributed by atoms with Gasteiger partial charge in [0, 0.05) is 36.3 Å². The Morgan fingerprint density at radius 2 is 2.07 bits per heavy atom. The zero-order valence-corrected chi connectivity index (χ0v) is 14.5. The maximum Gasteiger partial charge on any atom is 0.251 e. The van der Waals surface area contributed by atoms with Crippen LogP contribution in [0.25, 0.3) is 11.5 Å². The molecular weight excluding hydrogens is 344 g/mol. The zero-order chi connectivity index (χ0) is 18.6. The van der Waals surface area contributed by atoms with E-state index in [1.807, 2.05) is 43.5 Å². The van der Waals surface area contributed by atoms with E-state index >= 15 is 0 Å². The molecule has 0 unspecified atom stereocenters. The summed E-state index contributed by atoms with van der Waals surface area (Å²) in [6, 6.07) is 10.9. The Hall–Kier alpha value is -3.88. The normalized spacial score (nSPS) is 10.7. The third-order valence-corrected chi connectivity index (χ3v) is 4.08. The fraction of sp³-hybridized carbons (Fsp3) is 0.111. The topological polar surface area (TPSA) is 103 Å². The van der Waals surface area contributed by atoms with Gasteiger partial charge in [0.2, 0.25) is 0 Å². The number of carbonyl (C=O) groups excluding carboxylic acids is 1. The van der Waals surface area contributed by atoms with Crippen LogP contribution in [-0.4, -0.2) is 40.9 Å². The van der Waals surface area contributed by atoms with Crippen molar-refractivity contribution in [1.82, 2.24) is 40.3 Å². The molecule has 9 nitrogen and oxygen atoms in total. The van der Waals surface area contributed by atoms with E-state index in [0.29, 0.717) is 17.9 Å². The molecule has 0 fully saturated rings. The van der Waals surface area contributed by atoms with Gasteiger partial charge >= 0.3 is 0 Å². The number of amides is 1. The van der Waals surface area contributed by atoms with Crippen LogP contribution in [0.1, 0.15) is 21.5 Å². The van der Waals surface area contributed by atoms with Gasteiger partial charge in [0.15, 0.2) is 5.82 Å². The summed E-state index contributed by atoms with van der Waals surface area (Å²) in [6.45, 7) is 2.25. The molecule has 0 aliphatic heterocycles. The molecule has 1 amide bonds. The first-order valence-corrected chi connectivity index (χ1v) is 8.28. The maximum atomic E-state index is 12.6. The maximum absolute atomic E-state index is 12.6. The molecule has 134 valence electrons. The van der Waals surface area contributed by atoms with Crippen molar-refractivity contribution in [1.29, 1.82) is 0 Å². The molecule has 0 bridgehead atoms. The van der Waals surface area contributed by atoms with Crippen LogP contribution < -0.4 is 5.32 Å². The number of hydrogen-bond donors (Lipinski definition) is 1. The van der Waals surface area contributed by atoms with Crippen LogP contribution in [0.15, 0.2) is 61.3 Å². The van der Waals surface area contributed by atoms with Gasteiger partial charge < -0.3 is 5.32 Å². The van der Waals surface area contributed by atoms with E-state index in [1.54, 1.807) is 27.8 Å². The molecule has 0 saturated carbocycles. The van der Waals surface area contributed by atoms with Crippen LogP contribution in [-0.2, 0) is 6.54 Å². The molecule has 0 aliphatic rings. The van der Waals surface area contributed by atoms with E-state index < -0.39 is 0 Å². The Bertz CT molecular complexity index is 1060. The molecule has 9 heteroatoms. The highest BCUT2D eigenvalue weighted by Gasteiger charge is 2.11. The Morgan fingerprint density at radius 1 is 1.15 bits per heavy atom. The molecule has 1 aromatic carbocycles. The van der Waals surface area contributed by atoms with E-state index in [0.717, 1.165) is 16.8 Å². The predicted octanol–water partition coefficient (Wildman–Crippen LogP) is 1.48. The molecule has 3 aromatic heterocycles. The van der Waals surface area contributed by atoms with Gasteiger partial charge in [-0.15, -0.1) is 5.10 Å². The second-order valence-corrected chi connectivity index (χ2v) is 5.88. The molecule has 1 N–H and O–H groups in total. The SMILES string of the molecule is Cc1cc(C(=O)NCc2cccnc2-n2cccn2)ccc1-n1cnnn1. The Labute approximate surface area is 154 Å². The van der Waals surface area contributed by atoms with E-state index in [2.05, 4.69) is 30.9 Å². The number of pyridine rings is 1. The number of nitrogens with zero attached hydrogens (tertiary/aromatic N) is 7. The predicted molar refractivity (Wildman–Crippen MR) is 96.4 cm³/mol. The second-order valence-electron chi connectivity index (χ2n) is 5.88. The van der Waals surface area contributed by atoms with E-state index in [4.69, 9.17) is 0 Å². The van der Waals surface area contributed by atoms with Crippen molar-refractivity contribution in [2.75, 3.05) is 0 Å². The highest BCUT2D eigenvalue weighted by atomic mass is 16.1. The van der Waals surface area contributed by atoms with Crippen LogP contribution in [0.3, 0.4) is 0 Å². The summed E-state index contributed by atoms with van der Waals surface area (Å²) in [6.07, 6.45) is 6.71. The average molecular weight is 360 g/mol. The highest BCUT2D eigenvalue weighted by Crippen LogP contribution is 2.15. The monoisotopic (exact) mass is 360 g/mol. The lowest BCUT2D eigenvalue weighted by Crippen LogP contribution is -2.24. The van der Waals surface area contributed by atoms with Crippen LogP contribution in [0.5, 0.6) is 0 Å². The number of hydrogen-bond acceptors (Lipinski definition) is 6. The van der Waals surface area contributed by atoms with Gasteiger partial charge in [-0.2, -0.15) is 5.10 Å².